The number of nitrogens with zero attached hydrogens (tertiary/aromatic N) is 1. The molecule has 1 heterocycles. The average Bonchev–Trinajstić information content (AvgIpc) is 2.65. The van der Waals surface area contributed by atoms with E-state index < -0.39 is 6.10 Å². The van der Waals surface area contributed by atoms with Crippen LogP contribution in [-0.4, -0.2) is 35.4 Å². The molecule has 3 rings (SSSR count). The van der Waals surface area contributed by atoms with Crippen LogP contribution in [0.3, 0.4) is 0 Å². The van der Waals surface area contributed by atoms with E-state index in [9.17, 15) is 5.11 Å². The van der Waals surface area contributed by atoms with Gasteiger partial charge in [0.25, 0.3) is 0 Å². The predicted molar refractivity (Wildman–Crippen MR) is 102 cm³/mol. The minimum atomic E-state index is -0.561. The van der Waals surface area contributed by atoms with Gasteiger partial charge in [-0.3, -0.25) is 0 Å². The summed E-state index contributed by atoms with van der Waals surface area (Å²) in [4.78, 5) is 4.74. The van der Waals surface area contributed by atoms with Gasteiger partial charge in [0.05, 0.1) is 11.2 Å². The number of rotatable bonds is 7. The molecule has 25 heavy (non-hydrogen) atoms. The lowest BCUT2D eigenvalue weighted by Crippen LogP contribution is -2.35. The summed E-state index contributed by atoms with van der Waals surface area (Å²) in [5, 5.41) is 14.3. The molecule has 1 aromatic heterocycles. The highest BCUT2D eigenvalue weighted by molar-refractivity contribution is 5.87. The van der Waals surface area contributed by atoms with Gasteiger partial charge in [-0.05, 0) is 12.1 Å². The summed E-state index contributed by atoms with van der Waals surface area (Å²) in [7, 11) is 0. The third-order valence-electron chi connectivity index (χ3n) is 3.94. The molecular formula is C21H24N2O2. The molecule has 2 N–H and O–H groups in total. The van der Waals surface area contributed by atoms with E-state index >= 15 is 0 Å². The Morgan fingerprint density at radius 3 is 2.52 bits per heavy atom. The zero-order valence-electron chi connectivity index (χ0n) is 14.6. The number of nitrogens with one attached hydrogen (secondary N) is 1. The summed E-state index contributed by atoms with van der Waals surface area (Å²) in [6.07, 6.45) is -0.561. The standard InChI is InChI=1S/C21H24N2O2/c1-15(2)22-13-17(24)14-25-21-12-20(16-8-4-3-5-9-16)23-19-11-7-6-10-18(19)21/h3-12,15,17,22,24H,13-14H2,1-2H3. The van der Waals surface area contributed by atoms with Crippen molar-refractivity contribution in [3.8, 4) is 17.0 Å². The first-order valence-corrected chi connectivity index (χ1v) is 8.63. The van der Waals surface area contributed by atoms with Crippen molar-refractivity contribution in [1.82, 2.24) is 10.3 Å². The lowest BCUT2D eigenvalue weighted by molar-refractivity contribution is 0.105. The second kappa shape index (κ2) is 8.10. The smallest absolute Gasteiger partial charge is 0.131 e. The van der Waals surface area contributed by atoms with Gasteiger partial charge < -0.3 is 15.2 Å². The number of aromatic nitrogens is 1. The SMILES string of the molecule is CC(C)NCC(O)COc1cc(-c2ccccc2)nc2ccccc12. The topological polar surface area (TPSA) is 54.4 Å². The van der Waals surface area contributed by atoms with Crippen molar-refractivity contribution >= 4 is 10.9 Å². The van der Waals surface area contributed by atoms with Crippen molar-refractivity contribution in [3.63, 3.8) is 0 Å². The molecule has 0 aliphatic carbocycles. The Kier molecular flexibility index (Phi) is 5.64. The molecule has 0 fully saturated rings. The molecular weight excluding hydrogens is 312 g/mol. The van der Waals surface area contributed by atoms with Crippen LogP contribution in [0.1, 0.15) is 13.8 Å². The molecule has 0 aliphatic heterocycles. The highest BCUT2D eigenvalue weighted by Gasteiger charge is 2.11. The molecule has 1 atom stereocenters. The first-order chi connectivity index (χ1) is 12.1. The van der Waals surface area contributed by atoms with Gasteiger partial charge in [0, 0.05) is 29.6 Å². The number of ether oxygens (including phenoxy) is 1. The van der Waals surface area contributed by atoms with Crippen molar-refractivity contribution in [2.24, 2.45) is 0 Å². The van der Waals surface area contributed by atoms with E-state index in [1.165, 1.54) is 0 Å². The van der Waals surface area contributed by atoms with Gasteiger partial charge in [-0.1, -0.05) is 56.3 Å². The summed E-state index contributed by atoms with van der Waals surface area (Å²) >= 11 is 0. The summed E-state index contributed by atoms with van der Waals surface area (Å²) in [6, 6.07) is 20.2. The van der Waals surface area contributed by atoms with Crippen LogP contribution in [-0.2, 0) is 0 Å². The van der Waals surface area contributed by atoms with E-state index in [0.717, 1.165) is 27.9 Å². The molecule has 4 heteroatoms. The summed E-state index contributed by atoms with van der Waals surface area (Å²) in [5.74, 6) is 0.744. The van der Waals surface area contributed by atoms with E-state index in [2.05, 4.69) is 19.2 Å². The Morgan fingerprint density at radius 2 is 1.76 bits per heavy atom. The van der Waals surface area contributed by atoms with Crippen molar-refractivity contribution in [2.75, 3.05) is 13.2 Å². The predicted octanol–water partition coefficient (Wildman–Crippen LogP) is 3.64. The third-order valence-corrected chi connectivity index (χ3v) is 3.94. The van der Waals surface area contributed by atoms with Crippen molar-refractivity contribution in [1.29, 1.82) is 0 Å². The van der Waals surface area contributed by atoms with Gasteiger partial charge in [0.15, 0.2) is 0 Å². The van der Waals surface area contributed by atoms with Crippen LogP contribution in [0, 0.1) is 0 Å². The minimum absolute atomic E-state index is 0.238. The van der Waals surface area contributed by atoms with E-state index in [4.69, 9.17) is 9.72 Å². The molecule has 0 bridgehead atoms. The molecule has 130 valence electrons. The highest BCUT2D eigenvalue weighted by atomic mass is 16.5. The van der Waals surface area contributed by atoms with Crippen LogP contribution in [0.2, 0.25) is 0 Å². The molecule has 0 amide bonds. The first-order valence-electron chi connectivity index (χ1n) is 8.63. The molecule has 0 saturated carbocycles. The number of aliphatic hydroxyl groups is 1. The lowest BCUT2D eigenvalue weighted by atomic mass is 10.1. The van der Waals surface area contributed by atoms with Crippen molar-refractivity contribution < 1.29 is 9.84 Å². The molecule has 0 aliphatic rings. The van der Waals surface area contributed by atoms with Gasteiger partial charge in [0.2, 0.25) is 0 Å². The maximum atomic E-state index is 10.1. The number of para-hydroxylation sites is 1. The van der Waals surface area contributed by atoms with E-state index in [1.54, 1.807) is 0 Å². The number of hydrogen-bond donors (Lipinski definition) is 2. The Hall–Kier alpha value is -2.43. The molecule has 4 nitrogen and oxygen atoms in total. The summed E-state index contributed by atoms with van der Waals surface area (Å²) in [6.45, 7) is 4.85. The first kappa shape index (κ1) is 17.4. The number of fused-ring (bicyclic) bond motifs is 1. The fraction of sp³-hybridized carbons (Fsp3) is 0.286. The van der Waals surface area contributed by atoms with Crippen LogP contribution in [0.5, 0.6) is 5.75 Å². The Morgan fingerprint density at radius 1 is 1.04 bits per heavy atom. The molecule has 3 aromatic rings. The Balaban J connectivity index is 1.85. The van der Waals surface area contributed by atoms with Crippen LogP contribution in [0.15, 0.2) is 60.7 Å². The number of hydrogen-bond acceptors (Lipinski definition) is 4. The van der Waals surface area contributed by atoms with E-state index in [-0.39, 0.29) is 6.61 Å². The quantitative estimate of drug-likeness (QED) is 0.692. The molecule has 0 radical (unpaired) electrons. The Labute approximate surface area is 148 Å². The van der Waals surface area contributed by atoms with Crippen molar-refractivity contribution in [2.45, 2.75) is 26.0 Å². The number of pyridine rings is 1. The van der Waals surface area contributed by atoms with Gasteiger partial charge in [0.1, 0.15) is 18.5 Å². The Bertz CT molecular complexity index is 818. The van der Waals surface area contributed by atoms with Crippen LogP contribution >= 0.6 is 0 Å². The molecule has 0 spiro atoms. The van der Waals surface area contributed by atoms with Gasteiger partial charge in [-0.25, -0.2) is 4.98 Å². The minimum Gasteiger partial charge on any atom is -0.490 e. The van der Waals surface area contributed by atoms with Crippen LogP contribution < -0.4 is 10.1 Å². The number of aliphatic hydroxyl groups excluding tert-OH is 1. The maximum absolute atomic E-state index is 10.1. The molecule has 2 aromatic carbocycles. The van der Waals surface area contributed by atoms with Gasteiger partial charge in [-0.15, -0.1) is 0 Å². The molecule has 0 saturated heterocycles. The summed E-state index contributed by atoms with van der Waals surface area (Å²) < 4.78 is 5.95. The van der Waals surface area contributed by atoms with Gasteiger partial charge >= 0.3 is 0 Å². The fourth-order valence-corrected chi connectivity index (χ4v) is 2.64. The fourth-order valence-electron chi connectivity index (χ4n) is 2.64. The average molecular weight is 336 g/mol. The molecule has 1 unspecified atom stereocenters. The van der Waals surface area contributed by atoms with Crippen molar-refractivity contribution in [3.05, 3.63) is 60.7 Å². The van der Waals surface area contributed by atoms with Crippen LogP contribution in [0.25, 0.3) is 22.2 Å². The maximum Gasteiger partial charge on any atom is 0.131 e. The van der Waals surface area contributed by atoms with Crippen LogP contribution in [0.4, 0.5) is 0 Å². The lowest BCUT2D eigenvalue weighted by Gasteiger charge is -2.16. The largest absolute Gasteiger partial charge is 0.490 e. The van der Waals surface area contributed by atoms with E-state index in [1.807, 2.05) is 60.7 Å². The second-order valence-corrected chi connectivity index (χ2v) is 6.42. The van der Waals surface area contributed by atoms with E-state index in [0.29, 0.717) is 12.6 Å². The second-order valence-electron chi connectivity index (χ2n) is 6.42. The highest BCUT2D eigenvalue weighted by Crippen LogP contribution is 2.30. The zero-order valence-corrected chi connectivity index (χ0v) is 14.6. The normalized spacial score (nSPS) is 12.5. The zero-order chi connectivity index (χ0) is 17.6. The number of benzene rings is 2. The monoisotopic (exact) mass is 336 g/mol. The summed E-state index contributed by atoms with van der Waals surface area (Å²) in [5.41, 5.74) is 2.79. The van der Waals surface area contributed by atoms with Gasteiger partial charge in [-0.2, -0.15) is 0 Å². The third kappa shape index (κ3) is 4.56.